The second-order valence-corrected chi connectivity index (χ2v) is 10.2. The number of hydrogen-bond donors (Lipinski definition) is 2. The lowest BCUT2D eigenvalue weighted by Crippen LogP contribution is -2.29. The molecule has 0 radical (unpaired) electrons. The van der Waals surface area contributed by atoms with E-state index in [1.165, 1.54) is 29.1 Å². The number of thioether (sulfide) groups is 1. The fraction of sp³-hybridized carbons (Fsp3) is 0.409. The minimum atomic E-state index is -3.65. The molecule has 0 fully saturated rings. The van der Waals surface area contributed by atoms with Gasteiger partial charge in [-0.1, -0.05) is 32.0 Å². The molecule has 162 valence electrons. The van der Waals surface area contributed by atoms with Crippen LogP contribution in [-0.2, 0) is 21.2 Å². The summed E-state index contributed by atoms with van der Waals surface area (Å²) in [6, 6.07) is 13.2. The van der Waals surface area contributed by atoms with Gasteiger partial charge in [-0.3, -0.25) is 4.79 Å². The van der Waals surface area contributed by atoms with Crippen LogP contribution < -0.4 is 14.9 Å². The summed E-state index contributed by atoms with van der Waals surface area (Å²) >= 11 is 1.46. The maximum absolute atomic E-state index is 12.8. The van der Waals surface area contributed by atoms with Gasteiger partial charge in [0.25, 0.3) is 0 Å². The Balaban J connectivity index is 1.61. The van der Waals surface area contributed by atoms with Crippen LogP contribution in [0.3, 0.4) is 0 Å². The monoisotopic (exact) mass is 447 g/mol. The van der Waals surface area contributed by atoms with Crippen LogP contribution in [0.15, 0.2) is 52.3 Å². The van der Waals surface area contributed by atoms with Crippen molar-refractivity contribution >= 4 is 39.1 Å². The summed E-state index contributed by atoms with van der Waals surface area (Å²) in [5.41, 5.74) is 3.12. The van der Waals surface area contributed by atoms with Gasteiger partial charge in [-0.15, -0.1) is 11.8 Å². The van der Waals surface area contributed by atoms with Crippen LogP contribution in [0.4, 0.5) is 11.4 Å². The van der Waals surface area contributed by atoms with Crippen LogP contribution in [0.25, 0.3) is 0 Å². The molecule has 0 bridgehead atoms. The molecule has 1 aliphatic rings. The molecule has 2 aromatic rings. The molecule has 1 aliphatic heterocycles. The molecule has 1 amide bonds. The Hall–Kier alpha value is -2.03. The Bertz CT molecular complexity index is 1010. The van der Waals surface area contributed by atoms with Crippen molar-refractivity contribution in [3.63, 3.8) is 0 Å². The number of rotatable bonds is 9. The van der Waals surface area contributed by atoms with E-state index < -0.39 is 10.0 Å². The van der Waals surface area contributed by atoms with Gasteiger partial charge in [-0.05, 0) is 48.9 Å². The number of benzene rings is 2. The van der Waals surface area contributed by atoms with Crippen LogP contribution in [0.2, 0.25) is 0 Å². The molecule has 30 heavy (non-hydrogen) atoms. The topological polar surface area (TPSA) is 78.5 Å². The number of hydrogen-bond acceptors (Lipinski definition) is 5. The predicted octanol–water partition coefficient (Wildman–Crippen LogP) is 3.73. The van der Waals surface area contributed by atoms with Gasteiger partial charge in [-0.25, -0.2) is 13.1 Å². The van der Waals surface area contributed by atoms with E-state index in [-0.39, 0.29) is 16.7 Å². The summed E-state index contributed by atoms with van der Waals surface area (Å²) in [7, 11) is -3.65. The fourth-order valence-electron chi connectivity index (χ4n) is 3.43. The molecule has 0 saturated heterocycles. The van der Waals surface area contributed by atoms with Crippen molar-refractivity contribution < 1.29 is 13.2 Å². The zero-order chi connectivity index (χ0) is 21.7. The molecule has 2 aromatic carbocycles. The van der Waals surface area contributed by atoms with E-state index >= 15 is 0 Å². The number of para-hydroxylation sites is 1. The average Bonchev–Trinajstić information content (AvgIpc) is 3.14. The van der Waals surface area contributed by atoms with E-state index in [2.05, 4.69) is 33.1 Å². The second kappa shape index (κ2) is 9.85. The van der Waals surface area contributed by atoms with E-state index in [9.17, 15) is 13.2 Å². The first-order valence-corrected chi connectivity index (χ1v) is 12.8. The molecule has 8 heteroatoms. The zero-order valence-electron chi connectivity index (χ0n) is 17.6. The summed E-state index contributed by atoms with van der Waals surface area (Å²) in [4.78, 5) is 15.4. The molecule has 1 heterocycles. The third kappa shape index (κ3) is 5.36. The second-order valence-electron chi connectivity index (χ2n) is 7.62. The smallest absolute Gasteiger partial charge is 0.240 e. The van der Waals surface area contributed by atoms with E-state index in [0.717, 1.165) is 24.4 Å². The molecule has 2 N–H and O–H groups in total. The molecule has 6 nitrogen and oxygen atoms in total. The molecule has 3 rings (SSSR count). The lowest BCUT2D eigenvalue weighted by atomic mass is 10.2. The first-order valence-electron chi connectivity index (χ1n) is 10.1. The van der Waals surface area contributed by atoms with Gasteiger partial charge in [0.2, 0.25) is 15.9 Å². The largest absolute Gasteiger partial charge is 0.371 e. The maximum Gasteiger partial charge on any atom is 0.240 e. The standard InChI is InChI=1S/C22H29N3O3S2/c1-16(2)22(26)24-19-15-18(9-10-21(19)29-3)30(27,28)23-12-6-13-25-14-11-17-7-4-5-8-20(17)25/h4-5,7-10,15-16,23H,6,11-14H2,1-3H3,(H,24,26). The Labute approximate surface area is 183 Å². The van der Waals surface area contributed by atoms with Crippen LogP contribution in [0, 0.1) is 5.92 Å². The number of nitrogens with zero attached hydrogens (tertiary/aromatic N) is 1. The van der Waals surface area contributed by atoms with Gasteiger partial charge in [0, 0.05) is 36.1 Å². The third-order valence-electron chi connectivity index (χ3n) is 5.14. The Morgan fingerprint density at radius 3 is 2.70 bits per heavy atom. The molecular formula is C22H29N3O3S2. The third-order valence-corrected chi connectivity index (χ3v) is 7.40. The fourth-order valence-corrected chi connectivity index (χ4v) is 5.06. The van der Waals surface area contributed by atoms with E-state index in [1.54, 1.807) is 26.0 Å². The molecule has 0 spiro atoms. The van der Waals surface area contributed by atoms with Crippen molar-refractivity contribution in [2.75, 3.05) is 36.1 Å². The van der Waals surface area contributed by atoms with Gasteiger partial charge in [0.15, 0.2) is 0 Å². The van der Waals surface area contributed by atoms with Crippen molar-refractivity contribution in [2.24, 2.45) is 5.92 Å². The number of fused-ring (bicyclic) bond motifs is 1. The number of anilines is 2. The zero-order valence-corrected chi connectivity index (χ0v) is 19.3. The lowest BCUT2D eigenvalue weighted by molar-refractivity contribution is -0.118. The molecule has 0 unspecified atom stereocenters. The highest BCUT2D eigenvalue weighted by atomic mass is 32.2. The first-order chi connectivity index (χ1) is 14.3. The maximum atomic E-state index is 12.8. The first kappa shape index (κ1) is 22.7. The van der Waals surface area contributed by atoms with Gasteiger partial charge in [0.05, 0.1) is 10.6 Å². The molecular weight excluding hydrogens is 418 g/mol. The van der Waals surface area contributed by atoms with Gasteiger partial charge in [-0.2, -0.15) is 0 Å². The van der Waals surface area contributed by atoms with E-state index in [0.29, 0.717) is 18.7 Å². The van der Waals surface area contributed by atoms with Gasteiger partial charge < -0.3 is 10.2 Å². The van der Waals surface area contributed by atoms with Crippen molar-refractivity contribution in [3.05, 3.63) is 48.0 Å². The molecule has 0 atom stereocenters. The van der Waals surface area contributed by atoms with Crippen molar-refractivity contribution in [1.29, 1.82) is 0 Å². The average molecular weight is 448 g/mol. The lowest BCUT2D eigenvalue weighted by Gasteiger charge is -2.19. The summed E-state index contributed by atoms with van der Waals surface area (Å²) < 4.78 is 28.2. The van der Waals surface area contributed by atoms with Crippen LogP contribution in [-0.4, -0.2) is 40.2 Å². The van der Waals surface area contributed by atoms with Gasteiger partial charge in [0.1, 0.15) is 0 Å². The highest BCUT2D eigenvalue weighted by Gasteiger charge is 2.20. The Kier molecular flexibility index (Phi) is 7.44. The Morgan fingerprint density at radius 2 is 1.97 bits per heavy atom. The predicted molar refractivity (Wildman–Crippen MR) is 124 cm³/mol. The van der Waals surface area contributed by atoms with E-state index in [4.69, 9.17) is 0 Å². The van der Waals surface area contributed by atoms with E-state index in [1.807, 2.05) is 12.3 Å². The van der Waals surface area contributed by atoms with Crippen LogP contribution >= 0.6 is 11.8 Å². The number of sulfonamides is 1. The van der Waals surface area contributed by atoms with Crippen molar-refractivity contribution in [1.82, 2.24) is 4.72 Å². The highest BCUT2D eigenvalue weighted by Crippen LogP contribution is 2.29. The number of carbonyl (C=O) groups excluding carboxylic acids is 1. The Morgan fingerprint density at radius 1 is 1.20 bits per heavy atom. The molecule has 0 aliphatic carbocycles. The minimum Gasteiger partial charge on any atom is -0.371 e. The molecule has 0 saturated carbocycles. The van der Waals surface area contributed by atoms with Crippen molar-refractivity contribution in [2.45, 2.75) is 36.5 Å². The molecule has 0 aromatic heterocycles. The number of carbonyl (C=O) groups is 1. The highest BCUT2D eigenvalue weighted by molar-refractivity contribution is 7.98. The normalized spacial score (nSPS) is 13.5. The number of nitrogens with one attached hydrogen (secondary N) is 2. The number of amides is 1. The van der Waals surface area contributed by atoms with Crippen LogP contribution in [0.1, 0.15) is 25.8 Å². The van der Waals surface area contributed by atoms with Crippen molar-refractivity contribution in [3.8, 4) is 0 Å². The summed E-state index contributed by atoms with van der Waals surface area (Å²) in [6.07, 6.45) is 3.64. The SMILES string of the molecule is CSc1ccc(S(=O)(=O)NCCCN2CCc3ccccc32)cc1NC(=O)C(C)C. The quantitative estimate of drug-likeness (QED) is 0.452. The van der Waals surface area contributed by atoms with Crippen LogP contribution in [0.5, 0.6) is 0 Å². The summed E-state index contributed by atoms with van der Waals surface area (Å²) in [5.74, 6) is -0.326. The minimum absolute atomic E-state index is 0.140. The summed E-state index contributed by atoms with van der Waals surface area (Å²) in [5, 5.41) is 2.83. The summed E-state index contributed by atoms with van der Waals surface area (Å²) in [6.45, 7) is 5.74. The van der Waals surface area contributed by atoms with Gasteiger partial charge >= 0.3 is 0 Å².